The Labute approximate surface area is 164 Å². The number of aromatic nitrogens is 1. The van der Waals surface area contributed by atoms with Crippen LogP contribution in [0.5, 0.6) is 0 Å². The number of methoxy groups -OCH3 is 1. The standard InChI is InChI=1S/C20H17ClN2O5/c1-28-17(11-5-3-2-4-6-11)19(25)22-10-13-8-14(21)7-12-9-15(20(26)27)18(24)23-16(12)13/h2-9,17H,10H2,1H3,(H,22,25)(H,23,24)(H,26,27). The zero-order valence-corrected chi connectivity index (χ0v) is 15.6. The molecule has 28 heavy (non-hydrogen) atoms. The normalized spacial score (nSPS) is 11.9. The molecule has 3 N–H and O–H groups in total. The number of benzene rings is 2. The van der Waals surface area contributed by atoms with E-state index in [0.717, 1.165) is 0 Å². The number of rotatable bonds is 6. The molecule has 0 saturated heterocycles. The number of hydrogen-bond donors (Lipinski definition) is 3. The Balaban J connectivity index is 1.90. The number of hydrogen-bond acceptors (Lipinski definition) is 4. The fraction of sp³-hybridized carbons (Fsp3) is 0.150. The van der Waals surface area contributed by atoms with Crippen molar-refractivity contribution < 1.29 is 19.4 Å². The first-order valence-electron chi connectivity index (χ1n) is 8.35. The van der Waals surface area contributed by atoms with Gasteiger partial charge in [0.2, 0.25) is 0 Å². The molecule has 1 heterocycles. The lowest BCUT2D eigenvalue weighted by Gasteiger charge is -2.16. The molecule has 2 aromatic carbocycles. The van der Waals surface area contributed by atoms with Gasteiger partial charge in [0.15, 0.2) is 6.10 Å². The molecular weight excluding hydrogens is 384 g/mol. The van der Waals surface area contributed by atoms with E-state index in [4.69, 9.17) is 21.4 Å². The fourth-order valence-electron chi connectivity index (χ4n) is 2.95. The molecule has 1 atom stereocenters. The fourth-order valence-corrected chi connectivity index (χ4v) is 3.20. The number of aromatic amines is 1. The van der Waals surface area contributed by atoms with Gasteiger partial charge in [-0.1, -0.05) is 41.9 Å². The van der Waals surface area contributed by atoms with Crippen molar-refractivity contribution in [2.45, 2.75) is 12.6 Å². The van der Waals surface area contributed by atoms with Gasteiger partial charge in [-0.2, -0.15) is 0 Å². The second-order valence-corrected chi connectivity index (χ2v) is 6.53. The van der Waals surface area contributed by atoms with Gasteiger partial charge in [-0.15, -0.1) is 0 Å². The number of pyridine rings is 1. The van der Waals surface area contributed by atoms with E-state index < -0.39 is 17.6 Å². The second-order valence-electron chi connectivity index (χ2n) is 6.09. The van der Waals surface area contributed by atoms with E-state index in [0.29, 0.717) is 27.1 Å². The van der Waals surface area contributed by atoms with Crippen LogP contribution in [0.15, 0.2) is 53.3 Å². The Bertz CT molecular complexity index is 1090. The first kappa shape index (κ1) is 19.6. The highest BCUT2D eigenvalue weighted by Crippen LogP contribution is 2.23. The van der Waals surface area contributed by atoms with Crippen molar-refractivity contribution >= 4 is 34.4 Å². The summed E-state index contributed by atoms with van der Waals surface area (Å²) >= 11 is 6.12. The van der Waals surface area contributed by atoms with Gasteiger partial charge in [0.1, 0.15) is 5.56 Å². The van der Waals surface area contributed by atoms with Crippen molar-refractivity contribution in [3.8, 4) is 0 Å². The van der Waals surface area contributed by atoms with Crippen LogP contribution >= 0.6 is 11.6 Å². The van der Waals surface area contributed by atoms with Crippen LogP contribution < -0.4 is 10.9 Å². The molecule has 7 nitrogen and oxygen atoms in total. The van der Waals surface area contributed by atoms with Crippen molar-refractivity contribution in [1.29, 1.82) is 0 Å². The summed E-state index contributed by atoms with van der Waals surface area (Å²) in [7, 11) is 1.44. The molecule has 0 radical (unpaired) electrons. The highest BCUT2D eigenvalue weighted by Gasteiger charge is 2.20. The lowest BCUT2D eigenvalue weighted by molar-refractivity contribution is -0.131. The molecule has 0 aliphatic carbocycles. The number of carbonyl (C=O) groups excluding carboxylic acids is 1. The van der Waals surface area contributed by atoms with Crippen molar-refractivity contribution in [3.63, 3.8) is 0 Å². The van der Waals surface area contributed by atoms with Gasteiger partial charge < -0.3 is 20.1 Å². The first-order valence-corrected chi connectivity index (χ1v) is 8.72. The maximum absolute atomic E-state index is 12.6. The molecule has 1 aromatic heterocycles. The number of H-pyrrole nitrogens is 1. The minimum atomic E-state index is -1.33. The van der Waals surface area contributed by atoms with E-state index in [1.807, 2.05) is 18.2 Å². The molecule has 0 fully saturated rings. The SMILES string of the molecule is COC(C(=O)NCc1cc(Cl)cc2cc(C(=O)O)c(=O)[nH]c12)c1ccccc1. The quantitative estimate of drug-likeness (QED) is 0.589. The molecule has 0 spiro atoms. The van der Waals surface area contributed by atoms with Crippen molar-refractivity contribution in [3.05, 3.63) is 80.6 Å². The average molecular weight is 401 g/mol. The van der Waals surface area contributed by atoms with Crippen LogP contribution in [-0.4, -0.2) is 29.1 Å². The number of carboxylic acids is 1. The molecule has 0 aliphatic rings. The Morgan fingerprint density at radius 2 is 1.93 bits per heavy atom. The van der Waals surface area contributed by atoms with Crippen LogP contribution in [0.4, 0.5) is 0 Å². The van der Waals surface area contributed by atoms with Crippen molar-refractivity contribution in [1.82, 2.24) is 10.3 Å². The molecule has 1 amide bonds. The summed E-state index contributed by atoms with van der Waals surface area (Å²) in [5.41, 5.74) is 0.557. The predicted octanol–water partition coefficient (Wildman–Crippen LogP) is 2.88. The zero-order chi connectivity index (χ0) is 20.3. The van der Waals surface area contributed by atoms with E-state index in [-0.39, 0.29) is 18.0 Å². The maximum atomic E-state index is 12.6. The number of fused-ring (bicyclic) bond motifs is 1. The van der Waals surface area contributed by atoms with Gasteiger partial charge in [-0.3, -0.25) is 9.59 Å². The molecule has 8 heteroatoms. The van der Waals surface area contributed by atoms with Gasteiger partial charge in [-0.05, 0) is 29.3 Å². The zero-order valence-electron chi connectivity index (χ0n) is 14.9. The summed E-state index contributed by atoms with van der Waals surface area (Å²) in [6.45, 7) is 0.0744. The molecular formula is C20H17ClN2O5. The van der Waals surface area contributed by atoms with Crippen LogP contribution in [-0.2, 0) is 16.1 Å². The number of carbonyl (C=O) groups is 2. The van der Waals surface area contributed by atoms with Crippen molar-refractivity contribution in [2.75, 3.05) is 7.11 Å². The molecule has 0 aliphatic heterocycles. The summed E-state index contributed by atoms with van der Waals surface area (Å²) in [5, 5.41) is 12.7. The topological polar surface area (TPSA) is 108 Å². The maximum Gasteiger partial charge on any atom is 0.341 e. The second kappa shape index (κ2) is 8.24. The van der Waals surface area contributed by atoms with Gasteiger partial charge in [0.05, 0.1) is 5.52 Å². The third-order valence-electron chi connectivity index (χ3n) is 4.26. The van der Waals surface area contributed by atoms with E-state index in [9.17, 15) is 14.4 Å². The minimum Gasteiger partial charge on any atom is -0.477 e. The third kappa shape index (κ3) is 4.05. The third-order valence-corrected chi connectivity index (χ3v) is 4.48. The Morgan fingerprint density at radius 1 is 1.21 bits per heavy atom. The summed E-state index contributed by atoms with van der Waals surface area (Å²) in [5.74, 6) is -1.69. The van der Waals surface area contributed by atoms with E-state index in [2.05, 4.69) is 10.3 Å². The van der Waals surface area contributed by atoms with Crippen LogP contribution in [0.25, 0.3) is 10.9 Å². The molecule has 144 valence electrons. The average Bonchev–Trinajstić information content (AvgIpc) is 2.67. The molecule has 1 unspecified atom stereocenters. The number of halogens is 1. The molecule has 3 aromatic rings. The summed E-state index contributed by atoms with van der Waals surface area (Å²) < 4.78 is 5.30. The minimum absolute atomic E-state index is 0.0744. The first-order chi connectivity index (χ1) is 13.4. The Hall–Kier alpha value is -3.16. The monoisotopic (exact) mass is 400 g/mol. The van der Waals surface area contributed by atoms with Crippen LogP contribution in [0.2, 0.25) is 5.02 Å². The summed E-state index contributed by atoms with van der Waals surface area (Å²) in [6.07, 6.45) is -0.788. The van der Waals surface area contributed by atoms with E-state index in [1.165, 1.54) is 13.2 Å². The number of aromatic carboxylic acids is 1. The number of carboxylic acid groups (broad SMARTS) is 1. The van der Waals surface area contributed by atoms with Crippen LogP contribution in [0, 0.1) is 0 Å². The van der Waals surface area contributed by atoms with Gasteiger partial charge in [0.25, 0.3) is 11.5 Å². The van der Waals surface area contributed by atoms with Gasteiger partial charge in [-0.25, -0.2) is 4.79 Å². The highest BCUT2D eigenvalue weighted by atomic mass is 35.5. The molecule has 0 bridgehead atoms. The predicted molar refractivity (Wildman–Crippen MR) is 105 cm³/mol. The van der Waals surface area contributed by atoms with Crippen molar-refractivity contribution in [2.24, 2.45) is 0 Å². The van der Waals surface area contributed by atoms with E-state index >= 15 is 0 Å². The largest absolute Gasteiger partial charge is 0.477 e. The Kier molecular flexibility index (Phi) is 5.77. The Morgan fingerprint density at radius 3 is 2.57 bits per heavy atom. The highest BCUT2D eigenvalue weighted by molar-refractivity contribution is 6.31. The number of ether oxygens (including phenoxy) is 1. The van der Waals surface area contributed by atoms with Gasteiger partial charge in [0, 0.05) is 24.1 Å². The smallest absolute Gasteiger partial charge is 0.341 e. The summed E-state index contributed by atoms with van der Waals surface area (Å²) in [4.78, 5) is 38.3. The lowest BCUT2D eigenvalue weighted by atomic mass is 10.1. The molecule has 3 rings (SSSR count). The molecule has 0 saturated carbocycles. The lowest BCUT2D eigenvalue weighted by Crippen LogP contribution is -2.30. The van der Waals surface area contributed by atoms with E-state index in [1.54, 1.807) is 24.3 Å². The number of amides is 1. The summed E-state index contributed by atoms with van der Waals surface area (Å²) in [6, 6.07) is 13.4. The van der Waals surface area contributed by atoms with Gasteiger partial charge >= 0.3 is 5.97 Å². The number of nitrogens with one attached hydrogen (secondary N) is 2. The van der Waals surface area contributed by atoms with Crippen LogP contribution in [0.3, 0.4) is 0 Å². The van der Waals surface area contributed by atoms with Crippen LogP contribution in [0.1, 0.15) is 27.6 Å².